The molecule has 1 atom stereocenters. The van der Waals surface area contributed by atoms with E-state index in [0.717, 1.165) is 0 Å². The first-order chi connectivity index (χ1) is 7.41. The molecule has 1 aromatic rings. The van der Waals surface area contributed by atoms with Crippen molar-refractivity contribution >= 4 is 11.8 Å². The third kappa shape index (κ3) is 2.71. The lowest BCUT2D eigenvalue weighted by Gasteiger charge is -2.11. The summed E-state index contributed by atoms with van der Waals surface area (Å²) < 4.78 is 0. The number of hydrogen-bond acceptors (Lipinski definition) is 4. The van der Waals surface area contributed by atoms with Crippen molar-refractivity contribution in [1.82, 2.24) is 0 Å². The predicted octanol–water partition coefficient (Wildman–Crippen LogP) is -0.634. The highest BCUT2D eigenvalue weighted by Gasteiger charge is 2.13. The van der Waals surface area contributed by atoms with Crippen LogP contribution in [0.25, 0.3) is 0 Å². The molecular weight excluding hydrogens is 210 g/mol. The van der Waals surface area contributed by atoms with Crippen molar-refractivity contribution in [3.05, 3.63) is 29.3 Å². The Morgan fingerprint density at radius 3 is 2.44 bits per heavy atom. The van der Waals surface area contributed by atoms with E-state index in [-0.39, 0.29) is 17.7 Å². The number of nitrogens with two attached hydrogens (primary N) is 3. The van der Waals surface area contributed by atoms with E-state index < -0.39 is 17.9 Å². The number of carbonyl (C=O) groups is 2. The Morgan fingerprint density at radius 2 is 1.94 bits per heavy atom. The zero-order valence-electron chi connectivity index (χ0n) is 8.51. The number of rotatable bonds is 4. The molecule has 1 rings (SSSR count). The van der Waals surface area contributed by atoms with Crippen LogP contribution in [-0.4, -0.2) is 16.9 Å². The highest BCUT2D eigenvalue weighted by atomic mass is 16.3. The van der Waals surface area contributed by atoms with Crippen molar-refractivity contribution in [2.45, 2.75) is 12.5 Å². The van der Waals surface area contributed by atoms with Crippen molar-refractivity contribution < 1.29 is 14.7 Å². The summed E-state index contributed by atoms with van der Waals surface area (Å²) >= 11 is 0. The molecule has 86 valence electrons. The highest BCUT2D eigenvalue weighted by molar-refractivity contribution is 5.95. The maximum atomic E-state index is 10.9. The van der Waals surface area contributed by atoms with Crippen LogP contribution in [0, 0.1) is 0 Å². The van der Waals surface area contributed by atoms with Crippen molar-refractivity contribution in [2.75, 3.05) is 0 Å². The Hall–Kier alpha value is -2.08. The van der Waals surface area contributed by atoms with Crippen LogP contribution in [0.5, 0.6) is 5.75 Å². The average molecular weight is 223 g/mol. The largest absolute Gasteiger partial charge is 0.507 e. The normalized spacial score (nSPS) is 12.1. The topological polar surface area (TPSA) is 132 Å². The third-order valence-corrected chi connectivity index (χ3v) is 2.14. The zero-order chi connectivity index (χ0) is 12.3. The Balaban J connectivity index is 3.02. The van der Waals surface area contributed by atoms with Gasteiger partial charge in [-0.15, -0.1) is 0 Å². The number of amides is 2. The number of carbonyl (C=O) groups excluding carboxylic acids is 2. The number of benzene rings is 1. The molecule has 0 heterocycles. The van der Waals surface area contributed by atoms with Crippen LogP contribution in [0.1, 0.15) is 28.4 Å². The zero-order valence-corrected chi connectivity index (χ0v) is 8.51. The van der Waals surface area contributed by atoms with Crippen LogP contribution in [0.2, 0.25) is 0 Å². The van der Waals surface area contributed by atoms with Gasteiger partial charge in [-0.05, 0) is 17.7 Å². The highest BCUT2D eigenvalue weighted by Crippen LogP contribution is 2.22. The molecule has 0 aliphatic heterocycles. The maximum absolute atomic E-state index is 10.9. The SMILES string of the molecule is NC(=O)CC(N)c1ccc(O)c(C(N)=O)c1. The molecule has 7 N–H and O–H groups in total. The fraction of sp³-hybridized carbons (Fsp3) is 0.200. The number of primary amides is 2. The summed E-state index contributed by atoms with van der Waals surface area (Å²) in [6.07, 6.45) is -0.0387. The molecule has 0 aliphatic carbocycles. The average Bonchev–Trinajstić information content (AvgIpc) is 2.16. The van der Waals surface area contributed by atoms with Crippen molar-refractivity contribution in [3.8, 4) is 5.75 Å². The summed E-state index contributed by atoms with van der Waals surface area (Å²) in [5.41, 5.74) is 16.2. The van der Waals surface area contributed by atoms with Gasteiger partial charge in [0.15, 0.2) is 0 Å². The summed E-state index contributed by atoms with van der Waals surface area (Å²) in [5.74, 6) is -1.52. The molecule has 1 unspecified atom stereocenters. The van der Waals surface area contributed by atoms with E-state index in [1.807, 2.05) is 0 Å². The summed E-state index contributed by atoms with van der Waals surface area (Å²) in [5, 5.41) is 9.34. The van der Waals surface area contributed by atoms with E-state index >= 15 is 0 Å². The first-order valence-electron chi connectivity index (χ1n) is 4.58. The minimum Gasteiger partial charge on any atom is -0.507 e. The Kier molecular flexibility index (Phi) is 3.47. The second-order valence-corrected chi connectivity index (χ2v) is 3.42. The Bertz CT molecular complexity index is 431. The van der Waals surface area contributed by atoms with Crippen LogP contribution >= 0.6 is 0 Å². The molecule has 6 heteroatoms. The van der Waals surface area contributed by atoms with Gasteiger partial charge >= 0.3 is 0 Å². The van der Waals surface area contributed by atoms with Gasteiger partial charge < -0.3 is 22.3 Å². The van der Waals surface area contributed by atoms with E-state index in [1.54, 1.807) is 0 Å². The fourth-order valence-corrected chi connectivity index (χ4v) is 1.32. The second-order valence-electron chi connectivity index (χ2n) is 3.42. The van der Waals surface area contributed by atoms with Gasteiger partial charge in [0.25, 0.3) is 5.91 Å². The molecule has 0 saturated heterocycles. The number of phenols is 1. The lowest BCUT2D eigenvalue weighted by Crippen LogP contribution is -2.21. The van der Waals surface area contributed by atoms with Gasteiger partial charge in [0.05, 0.1) is 5.56 Å². The molecule has 0 aliphatic rings. The van der Waals surface area contributed by atoms with Crippen molar-refractivity contribution in [1.29, 1.82) is 0 Å². The Labute approximate surface area is 92.0 Å². The summed E-state index contributed by atoms with van der Waals surface area (Å²) in [4.78, 5) is 21.6. The molecule has 6 nitrogen and oxygen atoms in total. The predicted molar refractivity (Wildman–Crippen MR) is 57.4 cm³/mol. The molecular formula is C10H13N3O3. The van der Waals surface area contributed by atoms with Crippen LogP contribution in [0.3, 0.4) is 0 Å². The molecule has 1 aromatic carbocycles. The molecule has 16 heavy (non-hydrogen) atoms. The summed E-state index contributed by atoms with van der Waals surface area (Å²) in [7, 11) is 0. The quantitative estimate of drug-likeness (QED) is 0.540. The minimum absolute atomic E-state index is 0.0302. The second kappa shape index (κ2) is 4.63. The van der Waals surface area contributed by atoms with Crippen molar-refractivity contribution in [2.24, 2.45) is 17.2 Å². The van der Waals surface area contributed by atoms with Crippen LogP contribution in [-0.2, 0) is 4.79 Å². The van der Waals surface area contributed by atoms with E-state index in [4.69, 9.17) is 17.2 Å². The smallest absolute Gasteiger partial charge is 0.252 e. The Morgan fingerprint density at radius 1 is 1.31 bits per heavy atom. The van der Waals surface area contributed by atoms with E-state index in [1.165, 1.54) is 18.2 Å². The summed E-state index contributed by atoms with van der Waals surface area (Å²) in [6.45, 7) is 0. The molecule has 0 fully saturated rings. The first-order valence-corrected chi connectivity index (χ1v) is 4.58. The molecule has 0 spiro atoms. The standard InChI is InChI=1S/C10H13N3O3/c11-7(4-9(12)15)5-1-2-8(14)6(3-5)10(13)16/h1-3,7,14H,4,11H2,(H2,12,15)(H2,13,16). The van der Waals surface area contributed by atoms with Crippen LogP contribution in [0.4, 0.5) is 0 Å². The fourth-order valence-electron chi connectivity index (χ4n) is 1.32. The molecule has 0 aromatic heterocycles. The van der Waals surface area contributed by atoms with Gasteiger partial charge in [-0.25, -0.2) is 0 Å². The van der Waals surface area contributed by atoms with E-state index in [2.05, 4.69) is 0 Å². The van der Waals surface area contributed by atoms with Crippen molar-refractivity contribution in [3.63, 3.8) is 0 Å². The summed E-state index contributed by atoms with van der Waals surface area (Å²) in [6, 6.07) is 3.55. The molecule has 0 radical (unpaired) electrons. The van der Waals surface area contributed by atoms with Gasteiger partial charge in [-0.1, -0.05) is 6.07 Å². The van der Waals surface area contributed by atoms with Gasteiger partial charge in [0.2, 0.25) is 5.91 Å². The molecule has 0 saturated carbocycles. The molecule has 0 bridgehead atoms. The van der Waals surface area contributed by atoms with Gasteiger partial charge in [0, 0.05) is 12.5 Å². The van der Waals surface area contributed by atoms with E-state index in [0.29, 0.717) is 5.56 Å². The van der Waals surface area contributed by atoms with Gasteiger partial charge in [0.1, 0.15) is 5.75 Å². The minimum atomic E-state index is -0.759. The van der Waals surface area contributed by atoms with Crippen LogP contribution in [0.15, 0.2) is 18.2 Å². The van der Waals surface area contributed by atoms with Crippen LogP contribution < -0.4 is 17.2 Å². The molecule has 2 amide bonds. The maximum Gasteiger partial charge on any atom is 0.252 e. The monoisotopic (exact) mass is 223 g/mol. The van der Waals surface area contributed by atoms with Gasteiger partial charge in [-0.2, -0.15) is 0 Å². The third-order valence-electron chi connectivity index (χ3n) is 2.14. The first kappa shape index (κ1) is 12.0. The number of hydrogen-bond donors (Lipinski definition) is 4. The number of aromatic hydroxyl groups is 1. The van der Waals surface area contributed by atoms with E-state index in [9.17, 15) is 14.7 Å². The lowest BCUT2D eigenvalue weighted by molar-refractivity contribution is -0.118. The lowest BCUT2D eigenvalue weighted by atomic mass is 10.0. The van der Waals surface area contributed by atoms with Gasteiger partial charge in [-0.3, -0.25) is 9.59 Å².